The van der Waals surface area contributed by atoms with Crippen molar-refractivity contribution in [2.45, 2.75) is 25.8 Å². The van der Waals surface area contributed by atoms with E-state index < -0.39 is 22.0 Å². The number of nitrogens with one attached hydrogen (secondary N) is 1. The minimum atomic E-state index is -3.68. The van der Waals surface area contributed by atoms with Gasteiger partial charge in [0.05, 0.1) is 11.9 Å². The van der Waals surface area contributed by atoms with Crippen molar-refractivity contribution in [2.24, 2.45) is 0 Å². The second-order valence-electron chi connectivity index (χ2n) is 6.24. The van der Waals surface area contributed by atoms with Crippen LogP contribution < -0.4 is 9.62 Å². The van der Waals surface area contributed by atoms with E-state index in [2.05, 4.69) is 5.32 Å². The van der Waals surface area contributed by atoms with Gasteiger partial charge in [-0.25, -0.2) is 12.8 Å². The summed E-state index contributed by atoms with van der Waals surface area (Å²) in [6, 6.07) is 11.6. The van der Waals surface area contributed by atoms with Crippen LogP contribution in [0.5, 0.6) is 0 Å². The lowest BCUT2D eigenvalue weighted by atomic mass is 10.1. The van der Waals surface area contributed by atoms with Gasteiger partial charge in [-0.15, -0.1) is 0 Å². The van der Waals surface area contributed by atoms with E-state index >= 15 is 0 Å². The van der Waals surface area contributed by atoms with Crippen molar-refractivity contribution in [1.29, 1.82) is 0 Å². The smallest absolute Gasteiger partial charge is 0.243 e. The van der Waals surface area contributed by atoms with E-state index in [9.17, 15) is 17.6 Å². The molecule has 5 nitrogen and oxygen atoms in total. The molecule has 0 radical (unpaired) electrons. The van der Waals surface area contributed by atoms with Gasteiger partial charge in [0, 0.05) is 11.6 Å². The Morgan fingerprint density at radius 1 is 1.22 bits per heavy atom. The highest BCUT2D eigenvalue weighted by atomic mass is 35.5. The molecular formula is C19H22ClFN2O3S. The van der Waals surface area contributed by atoms with Gasteiger partial charge in [0.1, 0.15) is 11.9 Å². The average molecular weight is 413 g/mol. The Bertz CT molecular complexity index is 888. The molecule has 2 rings (SSSR count). The number of rotatable bonds is 8. The maximum Gasteiger partial charge on any atom is 0.243 e. The maximum absolute atomic E-state index is 12.9. The zero-order chi connectivity index (χ0) is 20.0. The number of aryl methyl sites for hydroxylation is 1. The van der Waals surface area contributed by atoms with Crippen LogP contribution >= 0.6 is 11.6 Å². The van der Waals surface area contributed by atoms with Gasteiger partial charge in [-0.2, -0.15) is 0 Å². The van der Waals surface area contributed by atoms with Gasteiger partial charge in [-0.3, -0.25) is 9.10 Å². The molecule has 2 aromatic rings. The lowest BCUT2D eigenvalue weighted by Crippen LogP contribution is -2.48. The molecule has 0 spiro atoms. The van der Waals surface area contributed by atoms with Crippen LogP contribution in [-0.4, -0.2) is 33.2 Å². The molecule has 0 saturated carbocycles. The molecule has 0 saturated heterocycles. The summed E-state index contributed by atoms with van der Waals surface area (Å²) >= 11 is 5.95. The molecule has 0 bridgehead atoms. The van der Waals surface area contributed by atoms with Gasteiger partial charge in [-0.05, 0) is 55.7 Å². The second kappa shape index (κ2) is 9.19. The Morgan fingerprint density at radius 3 is 2.48 bits per heavy atom. The zero-order valence-corrected chi connectivity index (χ0v) is 16.7. The SMILES string of the molecule is CC(C(=O)NCCCc1ccc(F)cc1)N(c1cccc(Cl)c1)S(C)(=O)=O. The molecule has 1 unspecified atom stereocenters. The van der Waals surface area contributed by atoms with Crippen LogP contribution in [0.3, 0.4) is 0 Å². The molecule has 2 aromatic carbocycles. The molecule has 0 aromatic heterocycles. The number of hydrogen-bond donors (Lipinski definition) is 1. The third kappa shape index (κ3) is 6.22. The lowest BCUT2D eigenvalue weighted by Gasteiger charge is -2.28. The minimum Gasteiger partial charge on any atom is -0.354 e. The fourth-order valence-electron chi connectivity index (χ4n) is 2.72. The zero-order valence-electron chi connectivity index (χ0n) is 15.2. The maximum atomic E-state index is 12.9. The van der Waals surface area contributed by atoms with E-state index in [1.54, 1.807) is 30.3 Å². The fraction of sp³-hybridized carbons (Fsp3) is 0.316. The Morgan fingerprint density at radius 2 is 1.89 bits per heavy atom. The van der Waals surface area contributed by atoms with Crippen molar-refractivity contribution in [3.63, 3.8) is 0 Å². The molecular weight excluding hydrogens is 391 g/mol. The van der Waals surface area contributed by atoms with Crippen molar-refractivity contribution in [1.82, 2.24) is 5.32 Å². The highest BCUT2D eigenvalue weighted by Gasteiger charge is 2.28. The summed E-state index contributed by atoms with van der Waals surface area (Å²) in [5.41, 5.74) is 1.30. The first kappa shape index (κ1) is 21.2. The molecule has 27 heavy (non-hydrogen) atoms. The molecule has 146 valence electrons. The van der Waals surface area contributed by atoms with Crippen LogP contribution in [0.15, 0.2) is 48.5 Å². The largest absolute Gasteiger partial charge is 0.354 e. The monoisotopic (exact) mass is 412 g/mol. The molecule has 0 aliphatic carbocycles. The number of benzene rings is 2. The number of halogens is 2. The Balaban J connectivity index is 1.97. The summed E-state index contributed by atoms with van der Waals surface area (Å²) in [7, 11) is -3.68. The number of nitrogens with zero attached hydrogens (tertiary/aromatic N) is 1. The van der Waals surface area contributed by atoms with Crippen LogP contribution in [-0.2, 0) is 21.2 Å². The highest BCUT2D eigenvalue weighted by Crippen LogP contribution is 2.24. The molecule has 0 aliphatic heterocycles. The summed E-state index contributed by atoms with van der Waals surface area (Å²) in [6.07, 6.45) is 2.38. The van der Waals surface area contributed by atoms with Crippen molar-refractivity contribution >= 4 is 33.2 Å². The Kier molecular flexibility index (Phi) is 7.21. The second-order valence-corrected chi connectivity index (χ2v) is 8.53. The van der Waals surface area contributed by atoms with Crippen LogP contribution in [0.25, 0.3) is 0 Å². The van der Waals surface area contributed by atoms with E-state index in [0.717, 1.165) is 16.1 Å². The molecule has 1 N–H and O–H groups in total. The first-order chi connectivity index (χ1) is 12.7. The number of sulfonamides is 1. The molecule has 1 amide bonds. The minimum absolute atomic E-state index is 0.289. The van der Waals surface area contributed by atoms with E-state index in [1.807, 2.05) is 0 Å². The van der Waals surface area contributed by atoms with E-state index in [4.69, 9.17) is 11.6 Å². The number of hydrogen-bond acceptors (Lipinski definition) is 3. The molecule has 0 aliphatic rings. The topological polar surface area (TPSA) is 66.5 Å². The van der Waals surface area contributed by atoms with Crippen molar-refractivity contribution in [3.8, 4) is 0 Å². The lowest BCUT2D eigenvalue weighted by molar-refractivity contribution is -0.121. The molecule has 8 heteroatoms. The van der Waals surface area contributed by atoms with Crippen molar-refractivity contribution in [3.05, 3.63) is 64.9 Å². The number of carbonyl (C=O) groups is 1. The van der Waals surface area contributed by atoms with Gasteiger partial charge in [0.25, 0.3) is 0 Å². The summed E-state index contributed by atoms with van der Waals surface area (Å²) in [5, 5.41) is 3.13. The summed E-state index contributed by atoms with van der Waals surface area (Å²) in [6.45, 7) is 1.91. The van der Waals surface area contributed by atoms with E-state index in [0.29, 0.717) is 30.1 Å². The van der Waals surface area contributed by atoms with Gasteiger partial charge >= 0.3 is 0 Å². The molecule has 1 atom stereocenters. The highest BCUT2D eigenvalue weighted by molar-refractivity contribution is 7.92. The van der Waals surface area contributed by atoms with Gasteiger partial charge in [0.2, 0.25) is 15.9 Å². The Labute approximate surface area is 164 Å². The Hall–Kier alpha value is -2.12. The van der Waals surface area contributed by atoms with Crippen LogP contribution in [0.4, 0.5) is 10.1 Å². The summed E-state index contributed by atoms with van der Waals surface area (Å²) in [4.78, 5) is 12.4. The standard InChI is InChI=1S/C19H22ClFN2O3S/c1-14(23(27(2,25)26)18-7-3-6-16(20)13-18)19(24)22-12-4-5-15-8-10-17(21)11-9-15/h3,6-11,13-14H,4-5,12H2,1-2H3,(H,22,24). The predicted octanol–water partition coefficient (Wildman–Crippen LogP) is 3.38. The first-order valence-electron chi connectivity index (χ1n) is 8.45. The number of carbonyl (C=O) groups excluding carboxylic acids is 1. The van der Waals surface area contributed by atoms with Gasteiger partial charge in [-0.1, -0.05) is 29.8 Å². The van der Waals surface area contributed by atoms with Gasteiger partial charge in [0.15, 0.2) is 0 Å². The van der Waals surface area contributed by atoms with E-state index in [-0.39, 0.29) is 5.82 Å². The number of amides is 1. The van der Waals surface area contributed by atoms with Crippen molar-refractivity contribution < 1.29 is 17.6 Å². The molecule has 0 heterocycles. The average Bonchev–Trinajstić information content (AvgIpc) is 2.59. The molecule has 0 fully saturated rings. The van der Waals surface area contributed by atoms with Crippen LogP contribution in [0, 0.1) is 5.82 Å². The number of anilines is 1. The third-order valence-electron chi connectivity index (χ3n) is 4.01. The fourth-order valence-corrected chi connectivity index (χ4v) is 4.08. The predicted molar refractivity (Wildman–Crippen MR) is 106 cm³/mol. The third-order valence-corrected chi connectivity index (χ3v) is 5.48. The van der Waals surface area contributed by atoms with Crippen LogP contribution in [0.2, 0.25) is 5.02 Å². The summed E-state index contributed by atoms with van der Waals surface area (Å²) < 4.78 is 38.3. The normalized spacial score (nSPS) is 12.4. The van der Waals surface area contributed by atoms with Gasteiger partial charge < -0.3 is 5.32 Å². The quantitative estimate of drug-likeness (QED) is 0.676. The van der Waals surface area contributed by atoms with E-state index in [1.165, 1.54) is 25.1 Å². The van der Waals surface area contributed by atoms with Crippen LogP contribution in [0.1, 0.15) is 18.9 Å². The summed E-state index contributed by atoms with van der Waals surface area (Å²) in [5.74, 6) is -0.692. The first-order valence-corrected chi connectivity index (χ1v) is 10.7. The van der Waals surface area contributed by atoms with Crippen molar-refractivity contribution in [2.75, 3.05) is 17.1 Å².